The third-order valence-electron chi connectivity index (χ3n) is 3.86. The summed E-state index contributed by atoms with van der Waals surface area (Å²) in [5.41, 5.74) is -0.609. The minimum Gasteiger partial charge on any atom is -0.334 e. The third kappa shape index (κ3) is 3.39. The lowest BCUT2D eigenvalue weighted by molar-refractivity contribution is -0.136. The van der Waals surface area contributed by atoms with Crippen LogP contribution in [0.5, 0.6) is 0 Å². The zero-order valence-corrected chi connectivity index (χ0v) is 13.5. The molecular formula is C14H14BrF3N2S. The van der Waals surface area contributed by atoms with Crippen molar-refractivity contribution in [2.24, 2.45) is 10.9 Å². The maximum Gasteiger partial charge on any atom is 0.418 e. The van der Waals surface area contributed by atoms with E-state index in [1.54, 1.807) is 6.07 Å². The van der Waals surface area contributed by atoms with E-state index < -0.39 is 11.7 Å². The molecule has 2 unspecified atom stereocenters. The Morgan fingerprint density at radius 1 is 1.29 bits per heavy atom. The van der Waals surface area contributed by atoms with Crippen molar-refractivity contribution in [1.29, 1.82) is 0 Å². The predicted molar refractivity (Wildman–Crippen MR) is 83.8 cm³/mol. The highest BCUT2D eigenvalue weighted by Gasteiger charge is 2.35. The smallest absolute Gasteiger partial charge is 0.334 e. The van der Waals surface area contributed by atoms with E-state index in [1.165, 1.54) is 30.7 Å². The van der Waals surface area contributed by atoms with E-state index in [9.17, 15) is 13.2 Å². The minimum absolute atomic E-state index is 0.0633. The molecule has 0 spiro atoms. The number of nitrogens with one attached hydrogen (secondary N) is 1. The van der Waals surface area contributed by atoms with Gasteiger partial charge in [-0.25, -0.2) is 0 Å². The third-order valence-corrected chi connectivity index (χ3v) is 5.43. The van der Waals surface area contributed by atoms with Gasteiger partial charge in [0.25, 0.3) is 0 Å². The molecule has 2 atom stereocenters. The molecule has 0 amide bonds. The maximum atomic E-state index is 13.1. The van der Waals surface area contributed by atoms with E-state index in [1.807, 2.05) is 0 Å². The monoisotopic (exact) mass is 378 g/mol. The highest BCUT2D eigenvalue weighted by Crippen LogP contribution is 2.39. The molecule has 1 aliphatic heterocycles. The van der Waals surface area contributed by atoms with Gasteiger partial charge in [0.2, 0.25) is 0 Å². The predicted octanol–water partition coefficient (Wildman–Crippen LogP) is 5.15. The van der Waals surface area contributed by atoms with Gasteiger partial charge in [-0.2, -0.15) is 13.2 Å². The molecular weight excluding hydrogens is 365 g/mol. The van der Waals surface area contributed by atoms with Crippen LogP contribution in [-0.4, -0.2) is 17.0 Å². The molecule has 3 rings (SSSR count). The Bertz CT molecular complexity index is 574. The van der Waals surface area contributed by atoms with E-state index in [-0.39, 0.29) is 11.7 Å². The summed E-state index contributed by atoms with van der Waals surface area (Å²) >= 11 is 4.61. The Morgan fingerprint density at radius 3 is 2.86 bits per heavy atom. The van der Waals surface area contributed by atoms with Crippen LogP contribution in [0, 0.1) is 5.92 Å². The molecule has 2 aliphatic rings. The molecule has 1 N–H and O–H groups in total. The van der Waals surface area contributed by atoms with Crippen LogP contribution in [0.3, 0.4) is 0 Å². The number of benzene rings is 1. The Labute approximate surface area is 133 Å². The number of alkyl halides is 3. The molecule has 1 aromatic rings. The molecule has 0 radical (unpaired) electrons. The lowest BCUT2D eigenvalue weighted by Crippen LogP contribution is -2.26. The van der Waals surface area contributed by atoms with Crippen LogP contribution in [0.25, 0.3) is 0 Å². The van der Waals surface area contributed by atoms with E-state index in [4.69, 9.17) is 0 Å². The molecule has 0 aromatic heterocycles. The van der Waals surface area contributed by atoms with Gasteiger partial charge in [0, 0.05) is 10.2 Å². The molecule has 1 saturated carbocycles. The molecule has 2 nitrogen and oxygen atoms in total. The number of anilines is 1. The highest BCUT2D eigenvalue weighted by atomic mass is 79.9. The standard InChI is InChI=1S/C14H14BrF3N2S/c15-9-4-5-12(10(6-9)14(16,17)18)20-13-19-11-3-1-2-8(11)7-21-13/h4-6,8,11H,1-3,7H2,(H,19,20). The van der Waals surface area contributed by atoms with Crippen LogP contribution in [0.2, 0.25) is 0 Å². The fourth-order valence-electron chi connectivity index (χ4n) is 2.80. The summed E-state index contributed by atoms with van der Waals surface area (Å²) in [5, 5.41) is 3.47. The lowest BCUT2D eigenvalue weighted by atomic mass is 10.1. The first-order valence-electron chi connectivity index (χ1n) is 6.78. The first kappa shape index (κ1) is 15.2. The van der Waals surface area contributed by atoms with Gasteiger partial charge in [0.15, 0.2) is 5.17 Å². The van der Waals surface area contributed by atoms with Crippen LogP contribution in [0.1, 0.15) is 24.8 Å². The summed E-state index contributed by atoms with van der Waals surface area (Å²) in [7, 11) is 0. The number of hydrogen-bond donors (Lipinski definition) is 1. The highest BCUT2D eigenvalue weighted by molar-refractivity contribution is 9.10. The molecule has 1 aromatic carbocycles. The van der Waals surface area contributed by atoms with Crippen molar-refractivity contribution in [2.75, 3.05) is 11.1 Å². The normalized spacial score (nSPS) is 25.4. The van der Waals surface area contributed by atoms with Crippen molar-refractivity contribution in [3.63, 3.8) is 0 Å². The Hall–Kier alpha value is -0.690. The summed E-state index contributed by atoms with van der Waals surface area (Å²) in [5.74, 6) is 1.53. The zero-order valence-electron chi connectivity index (χ0n) is 11.1. The molecule has 1 heterocycles. The quantitative estimate of drug-likeness (QED) is 0.730. The number of nitrogens with zero attached hydrogens (tertiary/aromatic N) is 1. The SMILES string of the molecule is FC(F)(F)c1cc(Br)ccc1NC1=NC2CCCC2CS1. The van der Waals surface area contributed by atoms with Crippen LogP contribution in [0.4, 0.5) is 18.9 Å². The van der Waals surface area contributed by atoms with Gasteiger partial charge < -0.3 is 5.32 Å². The second-order valence-electron chi connectivity index (χ2n) is 5.32. The van der Waals surface area contributed by atoms with Crippen LogP contribution >= 0.6 is 27.7 Å². The van der Waals surface area contributed by atoms with Gasteiger partial charge >= 0.3 is 6.18 Å². The molecule has 0 saturated heterocycles. The number of amidine groups is 1. The number of fused-ring (bicyclic) bond motifs is 1. The fourth-order valence-corrected chi connectivity index (χ4v) is 4.31. The first-order chi connectivity index (χ1) is 9.93. The van der Waals surface area contributed by atoms with Crippen molar-refractivity contribution in [2.45, 2.75) is 31.5 Å². The van der Waals surface area contributed by atoms with Gasteiger partial charge in [-0.1, -0.05) is 34.1 Å². The average molecular weight is 379 g/mol. The number of halogens is 4. The van der Waals surface area contributed by atoms with E-state index in [0.717, 1.165) is 18.2 Å². The summed E-state index contributed by atoms with van der Waals surface area (Å²) in [6.07, 6.45) is -0.996. The van der Waals surface area contributed by atoms with Crippen LogP contribution < -0.4 is 5.32 Å². The van der Waals surface area contributed by atoms with E-state index in [2.05, 4.69) is 26.2 Å². The lowest BCUT2D eigenvalue weighted by Gasteiger charge is -2.24. The largest absolute Gasteiger partial charge is 0.418 e. The Morgan fingerprint density at radius 2 is 2.10 bits per heavy atom. The van der Waals surface area contributed by atoms with E-state index >= 15 is 0 Å². The van der Waals surface area contributed by atoms with Crippen molar-refractivity contribution in [3.05, 3.63) is 28.2 Å². The molecule has 1 aliphatic carbocycles. The summed E-state index contributed by atoms with van der Waals surface area (Å²) in [4.78, 5) is 4.57. The number of rotatable bonds is 1. The number of hydrogen-bond acceptors (Lipinski definition) is 3. The molecule has 114 valence electrons. The molecule has 1 fully saturated rings. The Kier molecular flexibility index (Phi) is 4.23. The fraction of sp³-hybridized carbons (Fsp3) is 0.500. The van der Waals surface area contributed by atoms with Gasteiger partial charge in [0.05, 0.1) is 17.3 Å². The summed E-state index contributed by atoms with van der Waals surface area (Å²) in [6.45, 7) is 0. The topological polar surface area (TPSA) is 24.4 Å². The summed E-state index contributed by atoms with van der Waals surface area (Å²) in [6, 6.07) is 4.41. The Balaban J connectivity index is 1.85. The second kappa shape index (κ2) is 5.83. The van der Waals surface area contributed by atoms with Crippen molar-refractivity contribution >= 4 is 38.5 Å². The number of thioether (sulfide) groups is 1. The summed E-state index contributed by atoms with van der Waals surface area (Å²) < 4.78 is 39.7. The van der Waals surface area contributed by atoms with Gasteiger partial charge in [-0.15, -0.1) is 0 Å². The van der Waals surface area contributed by atoms with Crippen LogP contribution in [0.15, 0.2) is 27.7 Å². The number of aliphatic imine (C=N–C) groups is 1. The maximum absolute atomic E-state index is 13.1. The molecule has 7 heteroatoms. The first-order valence-corrected chi connectivity index (χ1v) is 8.56. The van der Waals surface area contributed by atoms with Crippen LogP contribution in [-0.2, 0) is 6.18 Å². The van der Waals surface area contributed by atoms with Crippen molar-refractivity contribution in [1.82, 2.24) is 0 Å². The van der Waals surface area contributed by atoms with Crippen molar-refractivity contribution in [3.8, 4) is 0 Å². The van der Waals surface area contributed by atoms with Crippen molar-refractivity contribution < 1.29 is 13.2 Å². The van der Waals surface area contributed by atoms with E-state index in [0.29, 0.717) is 15.6 Å². The molecule has 0 bridgehead atoms. The zero-order chi connectivity index (χ0) is 15.0. The van der Waals surface area contributed by atoms with Gasteiger partial charge in [-0.05, 0) is 37.0 Å². The van der Waals surface area contributed by atoms with Gasteiger partial charge in [-0.3, -0.25) is 4.99 Å². The molecule has 21 heavy (non-hydrogen) atoms. The average Bonchev–Trinajstić information content (AvgIpc) is 2.87. The van der Waals surface area contributed by atoms with Gasteiger partial charge in [0.1, 0.15) is 0 Å². The minimum atomic E-state index is -4.39. The second-order valence-corrected chi connectivity index (χ2v) is 7.24.